The standard InChI is InChI=1S/C64H125N2O7P/c1-7-10-13-16-19-22-25-28-30-31-32-33-34-35-36-39-42-45-48-51-54-57-64(68)73-62(55-52-49-46-43-40-37-27-24-21-18-15-12-9-3)61(60-72-74(69,70)71-59-58-66(4,5)6)65-63(67)56-53-50-47-44-41-38-29-26-23-20-17-14-11-8-2/h38,41,52,55,61-62H,7-37,39-40,42-51,53-54,56-60H2,1-6H3,(H-,65,67,69,70)/b41-38-,55-52-. The van der Waals surface area contributed by atoms with Crippen LogP contribution in [0.5, 0.6) is 0 Å². The van der Waals surface area contributed by atoms with E-state index in [1.54, 1.807) is 0 Å². The second-order valence-electron chi connectivity index (χ2n) is 23.3. The van der Waals surface area contributed by atoms with Gasteiger partial charge in [0, 0.05) is 12.8 Å². The molecule has 0 fully saturated rings. The minimum atomic E-state index is -4.70. The lowest BCUT2D eigenvalue weighted by molar-refractivity contribution is -0.870. The molecule has 0 radical (unpaired) electrons. The number of quaternary nitrogens is 1. The van der Waals surface area contributed by atoms with Crippen molar-refractivity contribution in [3.63, 3.8) is 0 Å². The molecule has 0 aromatic rings. The Morgan fingerprint density at radius 3 is 1.16 bits per heavy atom. The highest BCUT2D eigenvalue weighted by Gasteiger charge is 2.27. The van der Waals surface area contributed by atoms with E-state index in [0.717, 1.165) is 70.6 Å². The molecule has 0 aliphatic carbocycles. The van der Waals surface area contributed by atoms with Crippen LogP contribution in [0.25, 0.3) is 0 Å². The minimum absolute atomic E-state index is 0.0214. The first kappa shape index (κ1) is 72.5. The van der Waals surface area contributed by atoms with Crippen molar-refractivity contribution >= 4 is 19.7 Å². The molecule has 0 aromatic carbocycles. The smallest absolute Gasteiger partial charge is 0.306 e. The van der Waals surface area contributed by atoms with Gasteiger partial charge in [0.25, 0.3) is 7.82 Å². The van der Waals surface area contributed by atoms with Crippen LogP contribution in [0.15, 0.2) is 24.3 Å². The Morgan fingerprint density at radius 2 is 0.784 bits per heavy atom. The summed E-state index contributed by atoms with van der Waals surface area (Å²) >= 11 is 0. The molecule has 10 heteroatoms. The largest absolute Gasteiger partial charge is 0.756 e. The molecule has 0 saturated carbocycles. The van der Waals surface area contributed by atoms with E-state index in [1.165, 1.54) is 218 Å². The molecule has 0 rings (SSSR count). The van der Waals surface area contributed by atoms with Gasteiger partial charge in [-0.2, -0.15) is 0 Å². The summed E-state index contributed by atoms with van der Waals surface area (Å²) in [4.78, 5) is 40.0. The van der Waals surface area contributed by atoms with Crippen LogP contribution < -0.4 is 10.2 Å². The predicted octanol–water partition coefficient (Wildman–Crippen LogP) is 19.1. The summed E-state index contributed by atoms with van der Waals surface area (Å²) in [6.07, 6.45) is 64.3. The topological polar surface area (TPSA) is 114 Å². The first-order valence-electron chi connectivity index (χ1n) is 32.1. The lowest BCUT2D eigenvalue weighted by Crippen LogP contribution is -2.47. The number of hydrogen-bond acceptors (Lipinski definition) is 7. The van der Waals surface area contributed by atoms with E-state index in [2.05, 4.69) is 38.2 Å². The number of carbonyl (C=O) groups is 2. The van der Waals surface area contributed by atoms with Gasteiger partial charge in [-0.25, -0.2) is 0 Å². The highest BCUT2D eigenvalue weighted by Crippen LogP contribution is 2.38. The fourth-order valence-electron chi connectivity index (χ4n) is 9.64. The number of allylic oxidation sites excluding steroid dienone is 3. The first-order valence-corrected chi connectivity index (χ1v) is 33.6. The number of likely N-dealkylation sites (N-methyl/N-ethyl adjacent to an activating group) is 1. The van der Waals surface area contributed by atoms with Gasteiger partial charge in [0.05, 0.1) is 33.8 Å². The van der Waals surface area contributed by atoms with Crippen LogP contribution in [-0.4, -0.2) is 69.4 Å². The fraction of sp³-hybridized carbons (Fsp3) is 0.906. The minimum Gasteiger partial charge on any atom is -0.756 e. The SMILES string of the molecule is CCCCCCCCC/C=C\CCCCCC(=O)NC(COP(=O)([O-])OCC[N+](C)(C)C)C(/C=C\CCCCCCCCCCCCC)OC(=O)CCCCCCCCCCCCCCCCCCCCCCC. The third kappa shape index (κ3) is 55.3. The van der Waals surface area contributed by atoms with E-state index in [1.807, 2.05) is 33.3 Å². The molecule has 0 aliphatic heterocycles. The van der Waals surface area contributed by atoms with E-state index in [9.17, 15) is 19.0 Å². The zero-order chi connectivity index (χ0) is 54.3. The Kier molecular flexibility index (Phi) is 53.7. The maximum Gasteiger partial charge on any atom is 0.306 e. The van der Waals surface area contributed by atoms with Gasteiger partial charge in [-0.1, -0.05) is 277 Å². The van der Waals surface area contributed by atoms with Crippen LogP contribution in [0.1, 0.15) is 323 Å². The lowest BCUT2D eigenvalue weighted by Gasteiger charge is -2.30. The molecule has 0 heterocycles. The fourth-order valence-corrected chi connectivity index (χ4v) is 10.4. The van der Waals surface area contributed by atoms with Gasteiger partial charge in [-0.05, 0) is 57.4 Å². The van der Waals surface area contributed by atoms with Crippen LogP contribution in [0.3, 0.4) is 0 Å². The van der Waals surface area contributed by atoms with Crippen molar-refractivity contribution in [1.29, 1.82) is 0 Å². The molecular weight excluding hydrogens is 940 g/mol. The Hall–Kier alpha value is -1.51. The molecular formula is C64H125N2O7P. The Balaban J connectivity index is 5.19. The van der Waals surface area contributed by atoms with Gasteiger partial charge in [-0.3, -0.25) is 14.2 Å². The van der Waals surface area contributed by atoms with Crippen molar-refractivity contribution in [2.24, 2.45) is 0 Å². The molecule has 3 unspecified atom stereocenters. The molecule has 1 amide bonds. The summed E-state index contributed by atoms with van der Waals surface area (Å²) in [6, 6.07) is -0.890. The van der Waals surface area contributed by atoms with E-state index < -0.39 is 20.0 Å². The monoisotopic (exact) mass is 1060 g/mol. The highest BCUT2D eigenvalue weighted by molar-refractivity contribution is 7.45. The molecule has 74 heavy (non-hydrogen) atoms. The number of rotatable bonds is 59. The summed E-state index contributed by atoms with van der Waals surface area (Å²) < 4.78 is 30.3. The summed E-state index contributed by atoms with van der Waals surface area (Å²) in [6.45, 7) is 6.87. The summed E-state index contributed by atoms with van der Waals surface area (Å²) in [5.74, 6) is -0.542. The van der Waals surface area contributed by atoms with Crippen molar-refractivity contribution < 1.29 is 37.3 Å². The molecule has 1 N–H and O–H groups in total. The summed E-state index contributed by atoms with van der Waals surface area (Å²) in [5, 5.41) is 3.03. The molecule has 0 bridgehead atoms. The molecule has 0 spiro atoms. The maximum absolute atomic E-state index is 13.5. The van der Waals surface area contributed by atoms with Crippen molar-refractivity contribution in [3.8, 4) is 0 Å². The molecule has 0 aromatic heterocycles. The number of amides is 1. The Morgan fingerprint density at radius 1 is 0.459 bits per heavy atom. The predicted molar refractivity (Wildman–Crippen MR) is 317 cm³/mol. The number of nitrogens with one attached hydrogen (secondary N) is 1. The second kappa shape index (κ2) is 54.8. The number of hydrogen-bond donors (Lipinski definition) is 1. The van der Waals surface area contributed by atoms with Gasteiger partial charge in [0.2, 0.25) is 5.91 Å². The Bertz CT molecular complexity index is 1320. The molecule has 9 nitrogen and oxygen atoms in total. The molecule has 0 saturated heterocycles. The molecule has 3 atom stereocenters. The molecule has 438 valence electrons. The summed E-state index contributed by atoms with van der Waals surface area (Å²) in [7, 11) is 1.19. The van der Waals surface area contributed by atoms with Crippen molar-refractivity contribution in [3.05, 3.63) is 24.3 Å². The van der Waals surface area contributed by atoms with E-state index >= 15 is 0 Å². The van der Waals surface area contributed by atoms with Gasteiger partial charge >= 0.3 is 5.97 Å². The van der Waals surface area contributed by atoms with Crippen molar-refractivity contribution in [2.45, 2.75) is 335 Å². The van der Waals surface area contributed by atoms with Gasteiger partial charge < -0.3 is 28.5 Å². The normalized spacial score (nSPS) is 13.8. The van der Waals surface area contributed by atoms with Crippen molar-refractivity contribution in [2.75, 3.05) is 40.9 Å². The zero-order valence-electron chi connectivity index (χ0n) is 50.1. The number of unbranched alkanes of at least 4 members (excludes halogenated alkanes) is 41. The van der Waals surface area contributed by atoms with E-state index in [4.69, 9.17) is 13.8 Å². The van der Waals surface area contributed by atoms with Gasteiger partial charge in [-0.15, -0.1) is 0 Å². The first-order chi connectivity index (χ1) is 35.9. The van der Waals surface area contributed by atoms with Gasteiger partial charge in [0.1, 0.15) is 19.3 Å². The average Bonchev–Trinajstić information content (AvgIpc) is 3.36. The second-order valence-corrected chi connectivity index (χ2v) is 24.7. The van der Waals surface area contributed by atoms with Crippen LogP contribution >= 0.6 is 7.82 Å². The number of phosphoric acid groups is 1. The number of esters is 1. The van der Waals surface area contributed by atoms with Crippen LogP contribution in [0.2, 0.25) is 0 Å². The Labute approximate surface area is 460 Å². The zero-order valence-corrected chi connectivity index (χ0v) is 51.0. The van der Waals surface area contributed by atoms with Crippen LogP contribution in [0.4, 0.5) is 0 Å². The quantitative estimate of drug-likeness (QED) is 0.0212. The number of ether oxygens (including phenoxy) is 1. The van der Waals surface area contributed by atoms with E-state index in [-0.39, 0.29) is 31.5 Å². The van der Waals surface area contributed by atoms with E-state index in [0.29, 0.717) is 17.4 Å². The summed E-state index contributed by atoms with van der Waals surface area (Å²) in [5.41, 5.74) is 0. The maximum atomic E-state index is 13.5. The third-order valence-corrected chi connectivity index (χ3v) is 15.6. The van der Waals surface area contributed by atoms with Crippen LogP contribution in [0, 0.1) is 0 Å². The molecule has 0 aliphatic rings. The third-order valence-electron chi connectivity index (χ3n) is 14.6. The van der Waals surface area contributed by atoms with Gasteiger partial charge in [0.15, 0.2) is 0 Å². The number of carbonyl (C=O) groups excluding carboxylic acids is 2. The van der Waals surface area contributed by atoms with Crippen molar-refractivity contribution in [1.82, 2.24) is 5.32 Å². The number of phosphoric ester groups is 1. The number of nitrogens with zero attached hydrogens (tertiary/aromatic N) is 1. The highest BCUT2D eigenvalue weighted by atomic mass is 31.2. The lowest BCUT2D eigenvalue weighted by atomic mass is 10.0. The average molecular weight is 1070 g/mol. The van der Waals surface area contributed by atoms with Crippen LogP contribution in [-0.2, 0) is 27.9 Å².